The van der Waals surface area contributed by atoms with Crippen molar-refractivity contribution in [3.63, 3.8) is 0 Å². The molecule has 0 aliphatic rings. The summed E-state index contributed by atoms with van der Waals surface area (Å²) in [6, 6.07) is 1.07. The zero-order valence-electron chi connectivity index (χ0n) is 7.84. The van der Waals surface area contributed by atoms with E-state index in [1.807, 2.05) is 0 Å². The summed E-state index contributed by atoms with van der Waals surface area (Å²) >= 11 is 22.5. The summed E-state index contributed by atoms with van der Waals surface area (Å²) in [5.41, 5.74) is -0.472. The Labute approximate surface area is 114 Å². The number of hydrogen-bond donors (Lipinski definition) is 0. The fraction of sp³-hybridized carbons (Fsp3) is 0.222. The highest BCUT2D eigenvalue weighted by atomic mass is 35.5. The van der Waals surface area contributed by atoms with E-state index in [1.165, 1.54) is 0 Å². The van der Waals surface area contributed by atoms with Crippen LogP contribution < -0.4 is 0 Å². The van der Waals surface area contributed by atoms with Gasteiger partial charge in [-0.05, 0) is 6.07 Å². The normalized spacial score (nSPS) is 11.7. The van der Waals surface area contributed by atoms with E-state index in [-0.39, 0.29) is 20.1 Å². The topological polar surface area (TPSA) is 17.1 Å². The molecule has 1 rings (SSSR count). The van der Waals surface area contributed by atoms with Gasteiger partial charge in [-0.3, -0.25) is 4.79 Å². The van der Waals surface area contributed by atoms with Crippen LogP contribution in [0.2, 0.25) is 20.1 Å². The van der Waals surface area contributed by atoms with Crippen molar-refractivity contribution in [1.82, 2.24) is 0 Å². The van der Waals surface area contributed by atoms with Gasteiger partial charge < -0.3 is 0 Å². The summed E-state index contributed by atoms with van der Waals surface area (Å²) in [7, 11) is 0. The summed E-state index contributed by atoms with van der Waals surface area (Å²) in [6.07, 6.45) is -6.31. The first-order valence-corrected chi connectivity index (χ1v) is 5.57. The molecule has 94 valence electrons. The first-order valence-electron chi connectivity index (χ1n) is 4.06. The molecule has 0 unspecified atom stereocenters. The average Bonchev–Trinajstić information content (AvgIpc) is 2.11. The Hall–Kier alpha value is -0.160. The Kier molecular flexibility index (Phi) is 4.58. The zero-order chi connectivity index (χ0) is 13.4. The average molecular weight is 326 g/mol. The Balaban J connectivity index is 3.24. The molecule has 0 radical (unpaired) electrons. The number of alkyl halides is 3. The Morgan fingerprint density at radius 3 is 2.06 bits per heavy atom. The first kappa shape index (κ1) is 14.9. The van der Waals surface area contributed by atoms with Gasteiger partial charge >= 0.3 is 6.18 Å². The molecule has 0 bridgehead atoms. The van der Waals surface area contributed by atoms with E-state index in [0.717, 1.165) is 6.07 Å². The molecule has 0 N–H and O–H groups in total. The number of benzene rings is 1. The summed E-state index contributed by atoms with van der Waals surface area (Å²) < 4.78 is 36.2. The lowest BCUT2D eigenvalue weighted by molar-refractivity contribution is -0.125. The van der Waals surface area contributed by atoms with Crippen LogP contribution in [0, 0.1) is 0 Å². The van der Waals surface area contributed by atoms with Crippen LogP contribution in [-0.2, 0) is 0 Å². The number of rotatable bonds is 2. The van der Waals surface area contributed by atoms with Crippen molar-refractivity contribution in [2.24, 2.45) is 0 Å². The Bertz CT molecular complexity index is 470. The fourth-order valence-corrected chi connectivity index (χ4v) is 2.22. The fourth-order valence-electron chi connectivity index (χ4n) is 1.09. The Morgan fingerprint density at radius 1 is 1.06 bits per heavy atom. The van der Waals surface area contributed by atoms with Crippen molar-refractivity contribution in [1.29, 1.82) is 0 Å². The highest BCUT2D eigenvalue weighted by Gasteiger charge is 2.33. The molecule has 0 aromatic heterocycles. The van der Waals surface area contributed by atoms with Gasteiger partial charge in [0.05, 0.1) is 25.7 Å². The van der Waals surface area contributed by atoms with Gasteiger partial charge in [-0.2, -0.15) is 13.2 Å². The van der Waals surface area contributed by atoms with E-state index >= 15 is 0 Å². The highest BCUT2D eigenvalue weighted by Crippen LogP contribution is 2.39. The van der Waals surface area contributed by atoms with E-state index in [9.17, 15) is 18.0 Å². The minimum Gasteiger partial charge on any atom is -0.294 e. The van der Waals surface area contributed by atoms with Gasteiger partial charge in [0.2, 0.25) is 0 Å². The van der Waals surface area contributed by atoms with Crippen LogP contribution in [0.3, 0.4) is 0 Å². The van der Waals surface area contributed by atoms with Crippen molar-refractivity contribution in [3.05, 3.63) is 31.7 Å². The monoisotopic (exact) mass is 324 g/mol. The minimum atomic E-state index is -4.64. The minimum absolute atomic E-state index is 0.0368. The predicted molar refractivity (Wildman–Crippen MR) is 61.5 cm³/mol. The van der Waals surface area contributed by atoms with E-state index in [1.54, 1.807) is 0 Å². The molecule has 0 atom stereocenters. The van der Waals surface area contributed by atoms with Crippen LogP contribution in [0.15, 0.2) is 6.07 Å². The molecule has 0 amide bonds. The molecular formula is C9H3Cl4F3O. The first-order chi connectivity index (χ1) is 7.63. The van der Waals surface area contributed by atoms with Gasteiger partial charge in [0, 0.05) is 0 Å². The molecular weight excluding hydrogens is 323 g/mol. The number of halogens is 7. The molecule has 0 saturated heterocycles. The van der Waals surface area contributed by atoms with Gasteiger partial charge in [-0.15, -0.1) is 0 Å². The second kappa shape index (κ2) is 5.22. The lowest BCUT2D eigenvalue weighted by Gasteiger charge is -2.10. The van der Waals surface area contributed by atoms with Crippen LogP contribution in [0.4, 0.5) is 13.2 Å². The third-order valence-electron chi connectivity index (χ3n) is 1.75. The quantitative estimate of drug-likeness (QED) is 0.402. The van der Waals surface area contributed by atoms with Gasteiger partial charge in [0.1, 0.15) is 6.42 Å². The third kappa shape index (κ3) is 3.65. The van der Waals surface area contributed by atoms with Crippen molar-refractivity contribution in [2.75, 3.05) is 0 Å². The van der Waals surface area contributed by atoms with Crippen LogP contribution >= 0.6 is 46.4 Å². The zero-order valence-corrected chi connectivity index (χ0v) is 10.9. The van der Waals surface area contributed by atoms with E-state index in [2.05, 4.69) is 0 Å². The van der Waals surface area contributed by atoms with Gasteiger partial charge in [-0.25, -0.2) is 0 Å². The van der Waals surface area contributed by atoms with Gasteiger partial charge in [0.25, 0.3) is 0 Å². The lowest BCUT2D eigenvalue weighted by atomic mass is 10.1. The van der Waals surface area contributed by atoms with Crippen LogP contribution in [-0.4, -0.2) is 12.0 Å². The number of carbonyl (C=O) groups is 1. The predicted octanol–water partition coefficient (Wildman–Crippen LogP) is 5.44. The maximum absolute atomic E-state index is 12.1. The van der Waals surface area contributed by atoms with Crippen LogP contribution in [0.25, 0.3) is 0 Å². The maximum atomic E-state index is 12.1. The standard InChI is InChI=1S/C9H3Cl4F3O/c10-3-1-4(11)7(12)8(13)6(3)5(17)2-9(14,15)16/h1H,2H2. The van der Waals surface area contributed by atoms with Gasteiger partial charge in [0.15, 0.2) is 5.78 Å². The van der Waals surface area contributed by atoms with Gasteiger partial charge in [-0.1, -0.05) is 46.4 Å². The second-order valence-corrected chi connectivity index (χ2v) is 4.63. The second-order valence-electron chi connectivity index (χ2n) is 3.06. The van der Waals surface area contributed by atoms with Crippen molar-refractivity contribution in [3.8, 4) is 0 Å². The molecule has 0 spiro atoms. The molecule has 1 aromatic carbocycles. The number of carbonyl (C=O) groups excluding carboxylic acids is 1. The van der Waals surface area contributed by atoms with Crippen molar-refractivity contribution < 1.29 is 18.0 Å². The molecule has 1 nitrogen and oxygen atoms in total. The lowest BCUT2D eigenvalue weighted by Crippen LogP contribution is -2.15. The summed E-state index contributed by atoms with van der Waals surface area (Å²) in [5.74, 6) is -1.26. The molecule has 17 heavy (non-hydrogen) atoms. The molecule has 1 aromatic rings. The number of hydrogen-bond acceptors (Lipinski definition) is 1. The molecule has 0 aliphatic heterocycles. The third-order valence-corrected chi connectivity index (χ3v) is 3.31. The van der Waals surface area contributed by atoms with E-state index < -0.39 is 23.9 Å². The molecule has 0 fully saturated rings. The molecule has 8 heteroatoms. The maximum Gasteiger partial charge on any atom is 0.396 e. The number of Topliss-reactive ketones (excluding diaryl/α,β-unsaturated/α-hetero) is 1. The summed E-state index contributed by atoms with van der Waals surface area (Å²) in [4.78, 5) is 11.4. The molecule has 0 saturated carbocycles. The van der Waals surface area contributed by atoms with Crippen molar-refractivity contribution >= 4 is 52.2 Å². The van der Waals surface area contributed by atoms with Crippen LogP contribution in [0.1, 0.15) is 16.8 Å². The van der Waals surface area contributed by atoms with E-state index in [4.69, 9.17) is 46.4 Å². The summed E-state index contributed by atoms with van der Waals surface area (Å²) in [5, 5.41) is -0.884. The highest BCUT2D eigenvalue weighted by molar-refractivity contribution is 6.51. The Morgan fingerprint density at radius 2 is 1.59 bits per heavy atom. The SMILES string of the molecule is O=C(CC(F)(F)F)c1c(Cl)cc(Cl)c(Cl)c1Cl. The smallest absolute Gasteiger partial charge is 0.294 e. The van der Waals surface area contributed by atoms with E-state index in [0.29, 0.717) is 0 Å². The largest absolute Gasteiger partial charge is 0.396 e. The summed E-state index contributed by atoms with van der Waals surface area (Å²) in [6.45, 7) is 0. The molecule has 0 aliphatic carbocycles. The molecule has 0 heterocycles. The number of ketones is 1. The van der Waals surface area contributed by atoms with Crippen molar-refractivity contribution in [2.45, 2.75) is 12.6 Å². The van der Waals surface area contributed by atoms with Crippen LogP contribution in [0.5, 0.6) is 0 Å².